The third kappa shape index (κ3) is 2.01. The molecule has 1 aromatic carbocycles. The highest BCUT2D eigenvalue weighted by atomic mass is 16.5. The second kappa shape index (κ2) is 4.85. The van der Waals surface area contributed by atoms with Gasteiger partial charge in [0.1, 0.15) is 5.76 Å². The van der Waals surface area contributed by atoms with Crippen LogP contribution in [0.15, 0.2) is 59.9 Å². The van der Waals surface area contributed by atoms with Gasteiger partial charge in [-0.25, -0.2) is 0 Å². The Morgan fingerprint density at radius 3 is 2.72 bits per heavy atom. The molecule has 2 aliphatic rings. The van der Waals surface area contributed by atoms with Crippen molar-refractivity contribution >= 4 is 5.57 Å². The van der Waals surface area contributed by atoms with E-state index < -0.39 is 0 Å². The lowest BCUT2D eigenvalue weighted by Gasteiger charge is -2.28. The minimum absolute atomic E-state index is 0.650. The smallest absolute Gasteiger partial charge is 0.118 e. The Morgan fingerprint density at radius 2 is 1.94 bits per heavy atom. The zero-order chi connectivity index (χ0) is 12.4. The lowest BCUT2D eigenvalue weighted by atomic mass is 9.80. The molecule has 0 heterocycles. The molecule has 2 aliphatic carbocycles. The molecule has 0 aliphatic heterocycles. The highest BCUT2D eigenvalue weighted by molar-refractivity contribution is 5.77. The van der Waals surface area contributed by atoms with E-state index in [-0.39, 0.29) is 0 Å². The Balaban J connectivity index is 1.97. The Morgan fingerprint density at radius 1 is 1.11 bits per heavy atom. The molecule has 0 saturated carbocycles. The minimum Gasteiger partial charge on any atom is -0.497 e. The number of methoxy groups -OCH3 is 1. The molecule has 0 fully saturated rings. The fraction of sp³-hybridized carbons (Fsp3) is 0.294. The SMILES string of the molecule is COC1=CCCC2CC=C(c3ccccc3)C=C12. The first-order chi connectivity index (χ1) is 8.88. The number of fused-ring (bicyclic) bond motifs is 1. The maximum absolute atomic E-state index is 5.51. The minimum atomic E-state index is 0.650. The summed E-state index contributed by atoms with van der Waals surface area (Å²) in [5, 5.41) is 0. The highest BCUT2D eigenvalue weighted by Crippen LogP contribution is 2.38. The van der Waals surface area contributed by atoms with E-state index >= 15 is 0 Å². The van der Waals surface area contributed by atoms with Gasteiger partial charge in [-0.1, -0.05) is 36.4 Å². The molecular formula is C17H18O. The summed E-state index contributed by atoms with van der Waals surface area (Å²) >= 11 is 0. The van der Waals surface area contributed by atoms with Gasteiger partial charge in [-0.15, -0.1) is 0 Å². The summed E-state index contributed by atoms with van der Waals surface area (Å²) in [4.78, 5) is 0. The van der Waals surface area contributed by atoms with Gasteiger partial charge >= 0.3 is 0 Å². The standard InChI is InChI=1S/C17H18O/c1-18-17-9-5-8-14-10-11-15(12-16(14)17)13-6-3-2-4-7-13/h2-4,6-7,9,11-12,14H,5,8,10H2,1H3. The van der Waals surface area contributed by atoms with Crippen LogP contribution in [0.1, 0.15) is 24.8 Å². The largest absolute Gasteiger partial charge is 0.497 e. The van der Waals surface area contributed by atoms with Crippen LogP contribution in [0.3, 0.4) is 0 Å². The summed E-state index contributed by atoms with van der Waals surface area (Å²) in [7, 11) is 1.77. The third-order valence-electron chi connectivity index (χ3n) is 3.83. The van der Waals surface area contributed by atoms with E-state index in [1.807, 2.05) is 0 Å². The lowest BCUT2D eigenvalue weighted by Crippen LogP contribution is -2.14. The summed E-state index contributed by atoms with van der Waals surface area (Å²) in [6.07, 6.45) is 10.4. The molecule has 1 unspecified atom stereocenters. The Bertz CT molecular complexity index is 520. The van der Waals surface area contributed by atoms with Gasteiger partial charge in [-0.05, 0) is 54.0 Å². The summed E-state index contributed by atoms with van der Waals surface area (Å²) in [6, 6.07) is 10.6. The van der Waals surface area contributed by atoms with E-state index in [9.17, 15) is 0 Å². The monoisotopic (exact) mass is 238 g/mol. The Kier molecular flexibility index (Phi) is 3.06. The lowest BCUT2D eigenvalue weighted by molar-refractivity contribution is 0.281. The molecule has 0 amide bonds. The van der Waals surface area contributed by atoms with Crippen molar-refractivity contribution in [1.82, 2.24) is 0 Å². The van der Waals surface area contributed by atoms with Crippen molar-refractivity contribution in [3.8, 4) is 0 Å². The van der Waals surface area contributed by atoms with Crippen LogP contribution in [0, 0.1) is 5.92 Å². The molecule has 1 atom stereocenters. The number of ether oxygens (including phenoxy) is 1. The molecule has 0 saturated heterocycles. The molecule has 0 radical (unpaired) electrons. The predicted octanol–water partition coefficient (Wildman–Crippen LogP) is 4.34. The Hall–Kier alpha value is -1.76. The van der Waals surface area contributed by atoms with Gasteiger partial charge < -0.3 is 4.74 Å². The molecule has 92 valence electrons. The normalized spacial score (nSPS) is 22.5. The fourth-order valence-electron chi connectivity index (χ4n) is 2.85. The highest BCUT2D eigenvalue weighted by Gasteiger charge is 2.24. The topological polar surface area (TPSA) is 9.23 Å². The van der Waals surface area contributed by atoms with Gasteiger partial charge in [0.05, 0.1) is 7.11 Å². The number of allylic oxidation sites excluding steroid dienone is 5. The zero-order valence-electron chi connectivity index (χ0n) is 10.7. The molecule has 0 N–H and O–H groups in total. The van der Waals surface area contributed by atoms with Crippen LogP contribution in [0.5, 0.6) is 0 Å². The quantitative estimate of drug-likeness (QED) is 0.744. The maximum Gasteiger partial charge on any atom is 0.118 e. The number of benzene rings is 1. The van der Waals surface area contributed by atoms with Gasteiger partial charge in [0.15, 0.2) is 0 Å². The van der Waals surface area contributed by atoms with Crippen LogP contribution in [-0.2, 0) is 4.74 Å². The van der Waals surface area contributed by atoms with Crippen LogP contribution < -0.4 is 0 Å². The summed E-state index contributed by atoms with van der Waals surface area (Å²) < 4.78 is 5.51. The van der Waals surface area contributed by atoms with Gasteiger partial charge in [0.2, 0.25) is 0 Å². The molecule has 1 nitrogen and oxygen atoms in total. The molecule has 1 aromatic rings. The van der Waals surface area contributed by atoms with Crippen LogP contribution in [0.4, 0.5) is 0 Å². The maximum atomic E-state index is 5.51. The van der Waals surface area contributed by atoms with Crippen molar-refractivity contribution in [2.75, 3.05) is 7.11 Å². The number of hydrogen-bond acceptors (Lipinski definition) is 1. The van der Waals surface area contributed by atoms with Crippen molar-refractivity contribution < 1.29 is 4.74 Å². The first kappa shape index (κ1) is 11.3. The first-order valence-electron chi connectivity index (χ1n) is 6.60. The first-order valence-corrected chi connectivity index (χ1v) is 6.60. The van der Waals surface area contributed by atoms with E-state index in [1.165, 1.54) is 23.1 Å². The van der Waals surface area contributed by atoms with E-state index in [1.54, 1.807) is 7.11 Å². The zero-order valence-corrected chi connectivity index (χ0v) is 10.7. The molecule has 3 rings (SSSR count). The van der Waals surface area contributed by atoms with E-state index in [0.717, 1.165) is 18.6 Å². The second-order valence-electron chi connectivity index (χ2n) is 4.91. The van der Waals surface area contributed by atoms with Crippen molar-refractivity contribution in [3.63, 3.8) is 0 Å². The van der Waals surface area contributed by atoms with E-state index in [0.29, 0.717) is 5.92 Å². The molecule has 18 heavy (non-hydrogen) atoms. The van der Waals surface area contributed by atoms with Crippen LogP contribution in [0.25, 0.3) is 5.57 Å². The number of rotatable bonds is 2. The van der Waals surface area contributed by atoms with Gasteiger partial charge in [-0.2, -0.15) is 0 Å². The number of hydrogen-bond donors (Lipinski definition) is 0. The molecule has 1 heteroatoms. The Labute approximate surface area is 108 Å². The van der Waals surface area contributed by atoms with Gasteiger partial charge in [0, 0.05) is 0 Å². The van der Waals surface area contributed by atoms with Crippen molar-refractivity contribution in [3.05, 3.63) is 65.5 Å². The van der Waals surface area contributed by atoms with E-state index in [2.05, 4.69) is 48.6 Å². The third-order valence-corrected chi connectivity index (χ3v) is 3.83. The van der Waals surface area contributed by atoms with Crippen LogP contribution in [0.2, 0.25) is 0 Å². The van der Waals surface area contributed by atoms with Crippen LogP contribution in [-0.4, -0.2) is 7.11 Å². The van der Waals surface area contributed by atoms with Gasteiger partial charge in [0.25, 0.3) is 0 Å². The molecule has 0 spiro atoms. The molecule has 0 aromatic heterocycles. The summed E-state index contributed by atoms with van der Waals surface area (Å²) in [5.41, 5.74) is 4.00. The fourth-order valence-corrected chi connectivity index (χ4v) is 2.85. The molecule has 0 bridgehead atoms. The van der Waals surface area contributed by atoms with Crippen molar-refractivity contribution in [2.24, 2.45) is 5.92 Å². The van der Waals surface area contributed by atoms with Gasteiger partial charge in [-0.3, -0.25) is 0 Å². The predicted molar refractivity (Wildman–Crippen MR) is 74.9 cm³/mol. The summed E-state index contributed by atoms with van der Waals surface area (Å²) in [5.74, 6) is 1.73. The average molecular weight is 238 g/mol. The summed E-state index contributed by atoms with van der Waals surface area (Å²) in [6.45, 7) is 0. The van der Waals surface area contributed by atoms with Crippen molar-refractivity contribution in [2.45, 2.75) is 19.3 Å². The molecular weight excluding hydrogens is 220 g/mol. The van der Waals surface area contributed by atoms with Crippen molar-refractivity contribution in [1.29, 1.82) is 0 Å². The van der Waals surface area contributed by atoms with Crippen LogP contribution >= 0.6 is 0 Å². The average Bonchev–Trinajstić information content (AvgIpc) is 2.47. The van der Waals surface area contributed by atoms with E-state index in [4.69, 9.17) is 4.74 Å². The second-order valence-corrected chi connectivity index (χ2v) is 4.91.